The van der Waals surface area contributed by atoms with Crippen LogP contribution >= 0.6 is 12.2 Å². The lowest BCUT2D eigenvalue weighted by Gasteiger charge is -2.12. The molecule has 0 aromatic heterocycles. The Bertz CT molecular complexity index is 736. The maximum absolute atomic E-state index is 5.35. The van der Waals surface area contributed by atoms with Crippen molar-refractivity contribution >= 4 is 23.5 Å². The lowest BCUT2D eigenvalue weighted by Crippen LogP contribution is -2.31. The maximum Gasteiger partial charge on any atom is 0.187 e. The second kappa shape index (κ2) is 9.48. The molecule has 0 unspecified atom stereocenters. The average molecular weight is 359 g/mol. The van der Waals surface area contributed by atoms with E-state index in [0.717, 1.165) is 11.1 Å². The van der Waals surface area contributed by atoms with Crippen LogP contribution < -0.4 is 25.0 Å². The van der Waals surface area contributed by atoms with Gasteiger partial charge >= 0.3 is 0 Å². The lowest BCUT2D eigenvalue weighted by molar-refractivity contribution is 0.349. The highest BCUT2D eigenvalue weighted by molar-refractivity contribution is 7.80. The number of methoxy groups -OCH3 is 3. The molecule has 0 heterocycles. The summed E-state index contributed by atoms with van der Waals surface area (Å²) in [4.78, 5) is 0. The molecule has 0 saturated carbocycles. The number of hydrogen-bond donors (Lipinski definition) is 2. The lowest BCUT2D eigenvalue weighted by atomic mass is 10.2. The zero-order chi connectivity index (χ0) is 18.1. The van der Waals surface area contributed by atoms with Gasteiger partial charge in [-0.25, -0.2) is 0 Å². The highest BCUT2D eigenvalue weighted by Gasteiger charge is 2.10. The van der Waals surface area contributed by atoms with Crippen LogP contribution in [0.15, 0.2) is 47.6 Å². The van der Waals surface area contributed by atoms with E-state index in [9.17, 15) is 0 Å². The largest absolute Gasteiger partial charge is 0.496 e. The van der Waals surface area contributed by atoms with E-state index in [-0.39, 0.29) is 0 Å². The molecule has 0 aliphatic carbocycles. The monoisotopic (exact) mass is 359 g/mol. The average Bonchev–Trinajstić information content (AvgIpc) is 2.66. The van der Waals surface area contributed by atoms with Crippen molar-refractivity contribution in [3.05, 3.63) is 53.6 Å². The summed E-state index contributed by atoms with van der Waals surface area (Å²) < 4.78 is 15.9. The summed E-state index contributed by atoms with van der Waals surface area (Å²) in [7, 11) is 4.73. The van der Waals surface area contributed by atoms with Crippen LogP contribution in [0.25, 0.3) is 0 Å². The number of nitrogens with zero attached hydrogens (tertiary/aromatic N) is 1. The second-order valence-corrected chi connectivity index (χ2v) is 5.40. The van der Waals surface area contributed by atoms with Gasteiger partial charge in [0, 0.05) is 18.2 Å². The fraction of sp³-hybridized carbons (Fsp3) is 0.222. The smallest absolute Gasteiger partial charge is 0.187 e. The molecule has 0 saturated heterocycles. The molecule has 2 aromatic rings. The van der Waals surface area contributed by atoms with Gasteiger partial charge in [-0.05, 0) is 23.8 Å². The predicted octanol–water partition coefficient (Wildman–Crippen LogP) is 2.71. The van der Waals surface area contributed by atoms with E-state index >= 15 is 0 Å². The second-order valence-electron chi connectivity index (χ2n) is 4.99. The Labute approximate surface area is 152 Å². The van der Waals surface area contributed by atoms with Gasteiger partial charge in [-0.1, -0.05) is 30.3 Å². The fourth-order valence-corrected chi connectivity index (χ4v) is 2.26. The van der Waals surface area contributed by atoms with Crippen molar-refractivity contribution < 1.29 is 14.2 Å². The third kappa shape index (κ3) is 5.36. The predicted molar refractivity (Wildman–Crippen MR) is 103 cm³/mol. The van der Waals surface area contributed by atoms with Crippen LogP contribution in [0, 0.1) is 0 Å². The molecule has 25 heavy (non-hydrogen) atoms. The number of nitrogens with one attached hydrogen (secondary N) is 2. The molecular formula is C18H21N3O3S. The van der Waals surface area contributed by atoms with Crippen LogP contribution in [0.2, 0.25) is 0 Å². The molecular weight excluding hydrogens is 338 g/mol. The zero-order valence-electron chi connectivity index (χ0n) is 14.4. The molecule has 2 N–H and O–H groups in total. The third-order valence-electron chi connectivity index (χ3n) is 3.40. The maximum atomic E-state index is 5.35. The number of ether oxygens (including phenoxy) is 3. The summed E-state index contributed by atoms with van der Waals surface area (Å²) in [6, 6.07) is 13.5. The van der Waals surface area contributed by atoms with Crippen LogP contribution in [-0.4, -0.2) is 32.7 Å². The van der Waals surface area contributed by atoms with E-state index in [2.05, 4.69) is 15.8 Å². The topological polar surface area (TPSA) is 64.1 Å². The Morgan fingerprint density at radius 1 is 1.00 bits per heavy atom. The first-order chi connectivity index (χ1) is 12.2. The minimum atomic E-state index is 0.430. The van der Waals surface area contributed by atoms with Crippen molar-refractivity contribution in [3.8, 4) is 17.2 Å². The first kappa shape index (κ1) is 18.5. The standard InChI is InChI=1S/C18H21N3O3S/c1-22-15-10-17(24-3)16(23-2)9-14(15)12-20-21-18(25)19-11-13-7-5-4-6-8-13/h4-10,12H,11H2,1-3H3,(H2,19,21,25)/b20-12+. The first-order valence-electron chi connectivity index (χ1n) is 7.58. The van der Waals surface area contributed by atoms with Gasteiger partial charge in [0.2, 0.25) is 0 Å². The summed E-state index contributed by atoms with van der Waals surface area (Å²) >= 11 is 5.21. The van der Waals surface area contributed by atoms with Gasteiger partial charge in [0.15, 0.2) is 16.6 Å². The summed E-state index contributed by atoms with van der Waals surface area (Å²) in [5, 5.41) is 7.65. The molecule has 0 spiro atoms. The summed E-state index contributed by atoms with van der Waals surface area (Å²) in [5.41, 5.74) is 4.65. The molecule has 2 rings (SSSR count). The van der Waals surface area contributed by atoms with Crippen LogP contribution in [0.4, 0.5) is 0 Å². The first-order valence-corrected chi connectivity index (χ1v) is 7.99. The SMILES string of the molecule is COc1cc(OC)c(OC)cc1/C=N/NC(=S)NCc1ccccc1. The number of hydrazone groups is 1. The zero-order valence-corrected chi connectivity index (χ0v) is 15.2. The van der Waals surface area contributed by atoms with E-state index in [1.807, 2.05) is 30.3 Å². The van der Waals surface area contributed by atoms with Gasteiger partial charge < -0.3 is 19.5 Å². The quantitative estimate of drug-likeness (QED) is 0.450. The minimum absolute atomic E-state index is 0.430. The molecule has 0 aliphatic heterocycles. The van der Waals surface area contributed by atoms with Crippen molar-refractivity contribution in [2.45, 2.75) is 6.54 Å². The summed E-state index contributed by atoms with van der Waals surface area (Å²) in [6.45, 7) is 0.627. The van der Waals surface area contributed by atoms with Gasteiger partial charge in [0.25, 0.3) is 0 Å². The molecule has 0 fully saturated rings. The summed E-state index contributed by atoms with van der Waals surface area (Å²) in [6.07, 6.45) is 1.61. The Kier molecular flexibility index (Phi) is 7.03. The van der Waals surface area contributed by atoms with E-state index in [1.165, 1.54) is 0 Å². The molecule has 7 heteroatoms. The highest BCUT2D eigenvalue weighted by atomic mass is 32.1. The Balaban J connectivity index is 1.97. The number of thiocarbonyl (C=S) groups is 1. The van der Waals surface area contributed by atoms with Crippen LogP contribution in [0.5, 0.6) is 17.2 Å². The van der Waals surface area contributed by atoms with E-state index in [1.54, 1.807) is 39.7 Å². The van der Waals surface area contributed by atoms with Crippen LogP contribution in [0.1, 0.15) is 11.1 Å². The third-order valence-corrected chi connectivity index (χ3v) is 3.64. The van der Waals surface area contributed by atoms with Gasteiger partial charge in [0.05, 0.1) is 27.5 Å². The molecule has 2 aromatic carbocycles. The molecule has 0 aliphatic rings. The van der Waals surface area contributed by atoms with Gasteiger partial charge in [0.1, 0.15) is 5.75 Å². The van der Waals surface area contributed by atoms with Crippen molar-refractivity contribution in [1.82, 2.24) is 10.7 Å². The number of benzene rings is 2. The van der Waals surface area contributed by atoms with Gasteiger partial charge in [-0.15, -0.1) is 0 Å². The van der Waals surface area contributed by atoms with E-state index in [4.69, 9.17) is 26.4 Å². The van der Waals surface area contributed by atoms with Gasteiger partial charge in [-0.2, -0.15) is 5.10 Å². The van der Waals surface area contributed by atoms with Crippen LogP contribution in [-0.2, 0) is 6.54 Å². The minimum Gasteiger partial charge on any atom is -0.496 e. The fourth-order valence-electron chi connectivity index (χ4n) is 2.13. The van der Waals surface area contributed by atoms with E-state index in [0.29, 0.717) is 28.9 Å². The van der Waals surface area contributed by atoms with Crippen LogP contribution in [0.3, 0.4) is 0 Å². The summed E-state index contributed by atoms with van der Waals surface area (Å²) in [5.74, 6) is 1.80. The number of rotatable bonds is 7. The Morgan fingerprint density at radius 3 is 2.28 bits per heavy atom. The Hall–Kier alpha value is -2.80. The van der Waals surface area contributed by atoms with Crippen molar-refractivity contribution in [2.75, 3.05) is 21.3 Å². The molecule has 0 atom stereocenters. The molecule has 6 nitrogen and oxygen atoms in total. The highest BCUT2D eigenvalue weighted by Crippen LogP contribution is 2.33. The van der Waals surface area contributed by atoms with Gasteiger partial charge in [-0.3, -0.25) is 5.43 Å². The van der Waals surface area contributed by atoms with Crippen molar-refractivity contribution in [2.24, 2.45) is 5.10 Å². The molecule has 0 amide bonds. The van der Waals surface area contributed by atoms with Crippen molar-refractivity contribution in [1.29, 1.82) is 0 Å². The van der Waals surface area contributed by atoms with E-state index < -0.39 is 0 Å². The molecule has 132 valence electrons. The number of hydrogen-bond acceptors (Lipinski definition) is 5. The molecule has 0 bridgehead atoms. The normalized spacial score (nSPS) is 10.4. The Morgan fingerprint density at radius 2 is 1.64 bits per heavy atom. The van der Waals surface area contributed by atoms with Crippen molar-refractivity contribution in [3.63, 3.8) is 0 Å². The molecule has 0 radical (unpaired) electrons.